The van der Waals surface area contributed by atoms with Crippen LogP contribution in [0.1, 0.15) is 15.9 Å². The first-order valence-corrected chi connectivity index (χ1v) is 6.29. The highest BCUT2D eigenvalue weighted by Crippen LogP contribution is 2.31. The van der Waals surface area contributed by atoms with E-state index in [0.29, 0.717) is 23.5 Å². The van der Waals surface area contributed by atoms with E-state index < -0.39 is 11.7 Å². The molecule has 4 heteroatoms. The van der Waals surface area contributed by atoms with Crippen molar-refractivity contribution in [3.8, 4) is 5.75 Å². The number of ether oxygens (including phenoxy) is 1. The van der Waals surface area contributed by atoms with Gasteiger partial charge in [0, 0.05) is 5.56 Å². The fourth-order valence-corrected chi connectivity index (χ4v) is 2.41. The Hall–Kier alpha value is -2.62. The summed E-state index contributed by atoms with van der Waals surface area (Å²) >= 11 is 0. The van der Waals surface area contributed by atoms with Crippen LogP contribution in [0.5, 0.6) is 5.75 Å². The molecule has 0 spiro atoms. The molecule has 0 N–H and O–H groups in total. The van der Waals surface area contributed by atoms with E-state index in [4.69, 9.17) is 4.74 Å². The van der Waals surface area contributed by atoms with Crippen LogP contribution in [0.2, 0.25) is 0 Å². The molecule has 2 aromatic rings. The largest absolute Gasteiger partial charge is 0.496 e. The summed E-state index contributed by atoms with van der Waals surface area (Å²) in [5.41, 5.74) is 1.99. The molecular formula is C16H13NO3. The number of anilines is 1. The molecule has 0 bridgehead atoms. The van der Waals surface area contributed by atoms with Crippen molar-refractivity contribution in [3.05, 3.63) is 59.7 Å². The van der Waals surface area contributed by atoms with E-state index in [1.54, 1.807) is 25.3 Å². The van der Waals surface area contributed by atoms with Crippen molar-refractivity contribution in [2.45, 2.75) is 6.54 Å². The third-order valence-electron chi connectivity index (χ3n) is 3.40. The van der Waals surface area contributed by atoms with Crippen LogP contribution in [-0.2, 0) is 11.3 Å². The number of ketones is 1. The van der Waals surface area contributed by atoms with Gasteiger partial charge in [0.2, 0.25) is 0 Å². The number of Topliss-reactive ketones (excluding diaryl/α,β-unsaturated/α-hetero) is 1. The minimum absolute atomic E-state index is 0.325. The monoisotopic (exact) mass is 267 g/mol. The molecule has 0 fully saturated rings. The zero-order valence-corrected chi connectivity index (χ0v) is 11.0. The van der Waals surface area contributed by atoms with Crippen molar-refractivity contribution in [2.24, 2.45) is 0 Å². The zero-order valence-electron chi connectivity index (χ0n) is 11.0. The Kier molecular flexibility index (Phi) is 2.99. The Morgan fingerprint density at radius 1 is 1.00 bits per heavy atom. The molecule has 1 aliphatic heterocycles. The van der Waals surface area contributed by atoms with Gasteiger partial charge in [-0.3, -0.25) is 9.59 Å². The van der Waals surface area contributed by atoms with Crippen molar-refractivity contribution in [1.82, 2.24) is 0 Å². The van der Waals surface area contributed by atoms with Crippen molar-refractivity contribution in [3.63, 3.8) is 0 Å². The molecule has 3 rings (SSSR count). The summed E-state index contributed by atoms with van der Waals surface area (Å²) in [7, 11) is 1.59. The molecule has 100 valence electrons. The molecule has 0 radical (unpaired) electrons. The van der Waals surface area contributed by atoms with Crippen LogP contribution in [0.4, 0.5) is 5.69 Å². The quantitative estimate of drug-likeness (QED) is 0.802. The van der Waals surface area contributed by atoms with E-state index in [0.717, 1.165) is 5.56 Å². The zero-order chi connectivity index (χ0) is 14.1. The topological polar surface area (TPSA) is 46.6 Å². The van der Waals surface area contributed by atoms with Crippen LogP contribution in [0.25, 0.3) is 0 Å². The standard InChI is InChI=1S/C16H13NO3/c1-20-14-9-5-2-6-11(14)10-17-13-8-4-3-7-12(13)15(18)16(17)19/h2-9H,10H2,1H3. The second-order valence-corrected chi connectivity index (χ2v) is 4.55. The maximum Gasteiger partial charge on any atom is 0.299 e. The molecule has 0 saturated heterocycles. The molecular weight excluding hydrogens is 254 g/mol. The molecule has 0 aromatic heterocycles. The number of rotatable bonds is 3. The molecule has 1 aliphatic rings. The van der Waals surface area contributed by atoms with Crippen LogP contribution in [0, 0.1) is 0 Å². The van der Waals surface area contributed by atoms with Crippen molar-refractivity contribution < 1.29 is 14.3 Å². The highest BCUT2D eigenvalue weighted by molar-refractivity contribution is 6.52. The van der Waals surface area contributed by atoms with Gasteiger partial charge >= 0.3 is 0 Å². The van der Waals surface area contributed by atoms with E-state index in [2.05, 4.69) is 0 Å². The molecule has 1 heterocycles. The van der Waals surface area contributed by atoms with Gasteiger partial charge in [0.05, 0.1) is 24.9 Å². The van der Waals surface area contributed by atoms with Gasteiger partial charge < -0.3 is 9.64 Å². The number of methoxy groups -OCH3 is 1. The molecule has 0 aliphatic carbocycles. The fourth-order valence-electron chi connectivity index (χ4n) is 2.41. The van der Waals surface area contributed by atoms with Crippen molar-refractivity contribution in [1.29, 1.82) is 0 Å². The van der Waals surface area contributed by atoms with Gasteiger partial charge in [-0.15, -0.1) is 0 Å². The summed E-state index contributed by atoms with van der Waals surface area (Å²) in [5, 5.41) is 0. The first-order valence-electron chi connectivity index (χ1n) is 6.29. The van der Waals surface area contributed by atoms with E-state index in [1.165, 1.54) is 4.90 Å². The maximum atomic E-state index is 12.1. The Morgan fingerprint density at radius 2 is 1.70 bits per heavy atom. The Labute approximate surface area is 116 Å². The van der Waals surface area contributed by atoms with Gasteiger partial charge in [-0.25, -0.2) is 0 Å². The first-order chi connectivity index (χ1) is 9.72. The normalized spacial score (nSPS) is 13.6. The summed E-state index contributed by atoms with van der Waals surface area (Å²) in [5.74, 6) is -0.232. The number of nitrogens with zero attached hydrogens (tertiary/aromatic N) is 1. The number of para-hydroxylation sites is 2. The number of hydrogen-bond donors (Lipinski definition) is 0. The van der Waals surface area contributed by atoms with Gasteiger partial charge in [-0.1, -0.05) is 30.3 Å². The van der Waals surface area contributed by atoms with Crippen LogP contribution in [-0.4, -0.2) is 18.8 Å². The number of carbonyl (C=O) groups excluding carboxylic acids is 2. The van der Waals surface area contributed by atoms with E-state index in [9.17, 15) is 9.59 Å². The number of amides is 1. The SMILES string of the molecule is COc1ccccc1CN1C(=O)C(=O)c2ccccc21. The summed E-state index contributed by atoms with van der Waals surface area (Å²) in [6.45, 7) is 0.325. The van der Waals surface area contributed by atoms with Gasteiger partial charge in [-0.05, 0) is 18.2 Å². The van der Waals surface area contributed by atoms with E-state index in [-0.39, 0.29) is 0 Å². The fraction of sp³-hybridized carbons (Fsp3) is 0.125. The predicted octanol–water partition coefficient (Wildman–Crippen LogP) is 2.42. The minimum Gasteiger partial charge on any atom is -0.496 e. The molecule has 20 heavy (non-hydrogen) atoms. The van der Waals surface area contributed by atoms with Crippen molar-refractivity contribution in [2.75, 3.05) is 12.0 Å². The van der Waals surface area contributed by atoms with E-state index in [1.807, 2.05) is 30.3 Å². The Balaban J connectivity index is 1.99. The Bertz CT molecular complexity index is 694. The number of carbonyl (C=O) groups is 2. The lowest BCUT2D eigenvalue weighted by atomic mass is 10.1. The molecule has 1 amide bonds. The molecule has 4 nitrogen and oxygen atoms in total. The summed E-state index contributed by atoms with van der Waals surface area (Å²) in [6, 6.07) is 14.5. The van der Waals surface area contributed by atoms with Gasteiger partial charge in [0.1, 0.15) is 5.75 Å². The number of hydrogen-bond acceptors (Lipinski definition) is 3. The van der Waals surface area contributed by atoms with Crippen LogP contribution in [0.3, 0.4) is 0 Å². The number of benzene rings is 2. The molecule has 0 unspecified atom stereocenters. The van der Waals surface area contributed by atoms with Crippen LogP contribution in [0.15, 0.2) is 48.5 Å². The molecule has 0 saturated carbocycles. The number of fused-ring (bicyclic) bond motifs is 1. The second-order valence-electron chi connectivity index (χ2n) is 4.55. The summed E-state index contributed by atoms with van der Waals surface area (Å²) in [6.07, 6.45) is 0. The van der Waals surface area contributed by atoms with Gasteiger partial charge in [0.25, 0.3) is 11.7 Å². The minimum atomic E-state index is -0.489. The second kappa shape index (κ2) is 4.81. The van der Waals surface area contributed by atoms with Crippen molar-refractivity contribution >= 4 is 17.4 Å². The summed E-state index contributed by atoms with van der Waals surface area (Å²) < 4.78 is 5.28. The maximum absolute atomic E-state index is 12.1. The van der Waals surface area contributed by atoms with Crippen LogP contribution >= 0.6 is 0 Å². The molecule has 2 aromatic carbocycles. The lowest BCUT2D eigenvalue weighted by molar-refractivity contribution is -0.114. The van der Waals surface area contributed by atoms with Gasteiger partial charge in [-0.2, -0.15) is 0 Å². The predicted molar refractivity (Wildman–Crippen MR) is 75.0 cm³/mol. The highest BCUT2D eigenvalue weighted by atomic mass is 16.5. The smallest absolute Gasteiger partial charge is 0.299 e. The summed E-state index contributed by atoms with van der Waals surface area (Å²) in [4.78, 5) is 25.5. The first kappa shape index (κ1) is 12.4. The van der Waals surface area contributed by atoms with E-state index >= 15 is 0 Å². The lowest BCUT2D eigenvalue weighted by Crippen LogP contribution is -2.29. The Morgan fingerprint density at radius 3 is 2.50 bits per heavy atom. The van der Waals surface area contributed by atoms with Crippen LogP contribution < -0.4 is 9.64 Å². The highest BCUT2D eigenvalue weighted by Gasteiger charge is 2.35. The average molecular weight is 267 g/mol. The average Bonchev–Trinajstić information content (AvgIpc) is 2.73. The lowest BCUT2D eigenvalue weighted by Gasteiger charge is -2.18. The molecule has 0 atom stereocenters. The third-order valence-corrected chi connectivity index (χ3v) is 3.40. The third kappa shape index (κ3) is 1.86. The van der Waals surface area contributed by atoms with Gasteiger partial charge in [0.15, 0.2) is 0 Å².